The SMILES string of the molecule is N[C@@H]1CCN(c2nc(Sc3cnc4cccnc4c3)nc3[nH]c(C4CC4)c(Cl)c23)C1. The predicted molar refractivity (Wildman–Crippen MR) is 119 cm³/mol. The fourth-order valence-corrected chi connectivity index (χ4v) is 5.17. The van der Waals surface area contributed by atoms with Crippen LogP contribution in [0.5, 0.6) is 0 Å². The molecule has 4 aromatic rings. The van der Waals surface area contributed by atoms with Gasteiger partial charge < -0.3 is 15.6 Å². The van der Waals surface area contributed by atoms with Crippen LogP contribution in [0.25, 0.3) is 22.1 Å². The van der Waals surface area contributed by atoms with Crippen molar-refractivity contribution >= 4 is 51.2 Å². The van der Waals surface area contributed by atoms with E-state index in [9.17, 15) is 0 Å². The summed E-state index contributed by atoms with van der Waals surface area (Å²) in [5, 5.41) is 2.33. The van der Waals surface area contributed by atoms with Crippen LogP contribution in [0.1, 0.15) is 30.9 Å². The van der Waals surface area contributed by atoms with E-state index in [0.717, 1.165) is 63.0 Å². The van der Waals surface area contributed by atoms with Crippen LogP contribution in [-0.2, 0) is 0 Å². The number of fused-ring (bicyclic) bond motifs is 2. The topological polar surface area (TPSA) is 96.6 Å². The van der Waals surface area contributed by atoms with Crippen LogP contribution < -0.4 is 10.6 Å². The molecule has 7 nitrogen and oxygen atoms in total. The van der Waals surface area contributed by atoms with Crippen LogP contribution >= 0.6 is 23.4 Å². The summed E-state index contributed by atoms with van der Waals surface area (Å²) in [6.45, 7) is 1.65. The zero-order valence-electron chi connectivity index (χ0n) is 16.2. The number of rotatable bonds is 4. The highest BCUT2D eigenvalue weighted by atomic mass is 35.5. The van der Waals surface area contributed by atoms with E-state index in [-0.39, 0.29) is 6.04 Å². The van der Waals surface area contributed by atoms with E-state index in [2.05, 4.69) is 19.9 Å². The molecule has 0 spiro atoms. The van der Waals surface area contributed by atoms with Gasteiger partial charge in [-0.25, -0.2) is 9.97 Å². The maximum Gasteiger partial charge on any atom is 0.196 e. The molecule has 1 aliphatic heterocycles. The monoisotopic (exact) mass is 437 g/mol. The van der Waals surface area contributed by atoms with Crippen LogP contribution in [0.3, 0.4) is 0 Å². The molecule has 0 aromatic carbocycles. The molecule has 6 rings (SSSR count). The first-order valence-corrected chi connectivity index (χ1v) is 11.3. The molecule has 1 aliphatic carbocycles. The molecular weight excluding hydrogens is 418 g/mol. The molecular formula is C21H20ClN7S. The Morgan fingerprint density at radius 1 is 1.17 bits per heavy atom. The third-order valence-corrected chi connectivity index (χ3v) is 6.94. The van der Waals surface area contributed by atoms with Crippen molar-refractivity contribution in [1.29, 1.82) is 0 Å². The lowest BCUT2D eigenvalue weighted by Gasteiger charge is -2.18. The summed E-state index contributed by atoms with van der Waals surface area (Å²) in [6.07, 6.45) is 6.90. The van der Waals surface area contributed by atoms with Gasteiger partial charge in [-0.15, -0.1) is 0 Å². The van der Waals surface area contributed by atoms with E-state index < -0.39 is 0 Å². The first kappa shape index (κ1) is 18.4. The van der Waals surface area contributed by atoms with E-state index in [1.807, 2.05) is 24.4 Å². The summed E-state index contributed by atoms with van der Waals surface area (Å²) < 4.78 is 0. The van der Waals surface area contributed by atoms with Gasteiger partial charge >= 0.3 is 0 Å². The molecule has 0 radical (unpaired) electrons. The number of nitrogens with zero attached hydrogens (tertiary/aromatic N) is 5. The minimum Gasteiger partial charge on any atom is -0.354 e. The van der Waals surface area contributed by atoms with Crippen LogP contribution in [-0.4, -0.2) is 44.1 Å². The van der Waals surface area contributed by atoms with Gasteiger partial charge in [-0.3, -0.25) is 9.97 Å². The zero-order valence-corrected chi connectivity index (χ0v) is 17.7. The molecule has 1 saturated carbocycles. The smallest absolute Gasteiger partial charge is 0.196 e. The number of aromatic nitrogens is 5. The van der Waals surface area contributed by atoms with Gasteiger partial charge in [0.05, 0.1) is 21.4 Å². The Hall–Kier alpha value is -2.42. The van der Waals surface area contributed by atoms with E-state index in [0.29, 0.717) is 11.1 Å². The third-order valence-electron chi connectivity index (χ3n) is 5.72. The lowest BCUT2D eigenvalue weighted by molar-refractivity contribution is 0.751. The van der Waals surface area contributed by atoms with Crippen molar-refractivity contribution in [3.63, 3.8) is 0 Å². The molecule has 4 aromatic heterocycles. The highest BCUT2D eigenvalue weighted by Crippen LogP contribution is 2.47. The molecule has 0 unspecified atom stereocenters. The summed E-state index contributed by atoms with van der Waals surface area (Å²) in [6, 6.07) is 6.01. The molecule has 1 saturated heterocycles. The van der Waals surface area contributed by atoms with E-state index in [4.69, 9.17) is 27.3 Å². The maximum absolute atomic E-state index is 6.80. The lowest BCUT2D eigenvalue weighted by Crippen LogP contribution is -2.27. The maximum atomic E-state index is 6.80. The zero-order chi connectivity index (χ0) is 20.2. The van der Waals surface area contributed by atoms with E-state index >= 15 is 0 Å². The van der Waals surface area contributed by atoms with Crippen LogP contribution in [0, 0.1) is 0 Å². The van der Waals surface area contributed by atoms with E-state index in [1.165, 1.54) is 24.6 Å². The van der Waals surface area contributed by atoms with E-state index in [1.54, 1.807) is 6.20 Å². The number of hydrogen-bond acceptors (Lipinski definition) is 7. The molecule has 152 valence electrons. The fourth-order valence-electron chi connectivity index (χ4n) is 4.04. The van der Waals surface area contributed by atoms with Gasteiger partial charge in [-0.1, -0.05) is 11.6 Å². The van der Waals surface area contributed by atoms with Crippen molar-refractivity contribution < 1.29 is 0 Å². The summed E-state index contributed by atoms with van der Waals surface area (Å²) in [5.74, 6) is 1.38. The molecule has 0 amide bonds. The van der Waals surface area contributed by atoms with Gasteiger partial charge in [-0.2, -0.15) is 0 Å². The number of anilines is 1. The van der Waals surface area contributed by atoms with Gasteiger partial charge in [0.2, 0.25) is 0 Å². The Bertz CT molecular complexity index is 1270. The average Bonchev–Trinajstić information content (AvgIpc) is 3.42. The predicted octanol–water partition coefficient (Wildman–Crippen LogP) is 4.12. The third kappa shape index (κ3) is 3.19. The number of hydrogen-bond donors (Lipinski definition) is 2. The Morgan fingerprint density at radius 2 is 2.07 bits per heavy atom. The van der Waals surface area contributed by atoms with Gasteiger partial charge in [0, 0.05) is 48.0 Å². The van der Waals surface area contributed by atoms with Crippen molar-refractivity contribution in [2.45, 2.75) is 41.3 Å². The summed E-state index contributed by atoms with van der Waals surface area (Å²) in [5.41, 5.74) is 9.78. The molecule has 5 heterocycles. The van der Waals surface area contributed by atoms with Crippen molar-refractivity contribution in [2.75, 3.05) is 18.0 Å². The van der Waals surface area contributed by atoms with Gasteiger partial charge in [0.25, 0.3) is 0 Å². The normalized spacial score (nSPS) is 19.3. The van der Waals surface area contributed by atoms with Crippen molar-refractivity contribution in [1.82, 2.24) is 24.9 Å². The standard InChI is InChI=1S/C21H20ClN7S/c22-17-16-19(26-18(17)11-3-4-11)27-21(28-20(16)29-7-5-12(23)10-29)30-13-8-15-14(25-9-13)2-1-6-24-15/h1-2,6,8-9,11-12H,3-5,7,10,23H2,(H,26,27,28)/t12-/m1/s1. The number of aromatic amines is 1. The summed E-state index contributed by atoms with van der Waals surface area (Å²) >= 11 is 8.28. The Balaban J connectivity index is 1.45. The minimum absolute atomic E-state index is 0.155. The molecule has 1 atom stereocenters. The Labute approximate surface area is 182 Å². The first-order valence-electron chi connectivity index (χ1n) is 10.1. The molecule has 3 N–H and O–H groups in total. The number of pyridine rings is 2. The number of halogens is 1. The highest BCUT2D eigenvalue weighted by molar-refractivity contribution is 7.99. The van der Waals surface area contributed by atoms with Crippen molar-refractivity contribution in [2.24, 2.45) is 5.73 Å². The van der Waals surface area contributed by atoms with Gasteiger partial charge in [-0.05, 0) is 49.2 Å². The van der Waals surface area contributed by atoms with Gasteiger partial charge in [0.1, 0.15) is 11.5 Å². The number of H-pyrrole nitrogens is 1. The van der Waals surface area contributed by atoms with Gasteiger partial charge in [0.15, 0.2) is 5.16 Å². The van der Waals surface area contributed by atoms with Crippen LogP contribution in [0.4, 0.5) is 5.82 Å². The highest BCUT2D eigenvalue weighted by Gasteiger charge is 2.32. The second-order valence-corrected chi connectivity index (χ2v) is 9.41. The minimum atomic E-state index is 0.155. The first-order chi connectivity index (χ1) is 14.7. The lowest BCUT2D eigenvalue weighted by atomic mass is 10.2. The molecule has 2 fully saturated rings. The summed E-state index contributed by atoms with van der Waals surface area (Å²) in [4.78, 5) is 25.3. The second kappa shape index (κ2) is 7.08. The van der Waals surface area contributed by atoms with Crippen molar-refractivity contribution in [3.8, 4) is 0 Å². The molecule has 9 heteroatoms. The molecule has 0 bridgehead atoms. The van der Waals surface area contributed by atoms with Crippen LogP contribution in [0.2, 0.25) is 5.02 Å². The molecule has 2 aliphatic rings. The summed E-state index contributed by atoms with van der Waals surface area (Å²) in [7, 11) is 0. The Morgan fingerprint density at radius 3 is 2.87 bits per heavy atom. The van der Waals surface area contributed by atoms with Crippen molar-refractivity contribution in [3.05, 3.63) is 41.3 Å². The Kier molecular flexibility index (Phi) is 4.33. The largest absolute Gasteiger partial charge is 0.354 e. The van der Waals surface area contributed by atoms with Crippen LogP contribution in [0.15, 0.2) is 40.6 Å². The number of nitrogens with one attached hydrogen (secondary N) is 1. The average molecular weight is 438 g/mol. The number of nitrogens with two attached hydrogens (primary N) is 1. The fraction of sp³-hybridized carbons (Fsp3) is 0.333. The quantitative estimate of drug-likeness (QED) is 0.463. The molecule has 30 heavy (non-hydrogen) atoms. The second-order valence-electron chi connectivity index (χ2n) is 7.99.